The second-order valence-corrected chi connectivity index (χ2v) is 6.54. The Morgan fingerprint density at radius 2 is 2.08 bits per heavy atom. The lowest BCUT2D eigenvalue weighted by atomic mass is 10.1. The number of nitrogens with zero attached hydrogens (tertiary/aromatic N) is 3. The van der Waals surface area contributed by atoms with Crippen LogP contribution in [0.25, 0.3) is 11.0 Å². The summed E-state index contributed by atoms with van der Waals surface area (Å²) in [4.78, 5) is 27.0. The first kappa shape index (κ1) is 16.6. The predicted octanol–water partition coefficient (Wildman–Crippen LogP) is 4.33. The summed E-state index contributed by atoms with van der Waals surface area (Å²) >= 11 is 9.22. The van der Waals surface area contributed by atoms with Crippen molar-refractivity contribution in [2.24, 2.45) is 0 Å². The number of aromatic nitrogens is 2. The molecule has 0 N–H and O–H groups in total. The van der Waals surface area contributed by atoms with Gasteiger partial charge in [-0.1, -0.05) is 23.7 Å². The van der Waals surface area contributed by atoms with Crippen LogP contribution in [0, 0.1) is 10.1 Å². The van der Waals surface area contributed by atoms with E-state index in [0.717, 1.165) is 5.56 Å². The van der Waals surface area contributed by atoms with E-state index in [-0.39, 0.29) is 17.3 Å². The third-order valence-corrected chi connectivity index (χ3v) is 4.64. The van der Waals surface area contributed by atoms with Crippen LogP contribution in [0.5, 0.6) is 0 Å². The molecule has 0 amide bonds. The molecule has 0 aliphatic rings. The van der Waals surface area contributed by atoms with E-state index in [4.69, 9.17) is 11.6 Å². The zero-order valence-corrected chi connectivity index (χ0v) is 14.8. The summed E-state index contributed by atoms with van der Waals surface area (Å²) in [6.45, 7) is 1.86. The fourth-order valence-electron chi connectivity index (χ4n) is 2.60. The van der Waals surface area contributed by atoms with Crippen molar-refractivity contribution >= 4 is 44.3 Å². The van der Waals surface area contributed by atoms with E-state index in [0.29, 0.717) is 20.5 Å². The molecule has 0 fully saturated rings. The normalized spacial score (nSPS) is 12.3. The van der Waals surface area contributed by atoms with Gasteiger partial charge in [-0.05, 0) is 46.6 Å². The molecule has 0 radical (unpaired) electrons. The molecule has 2 aromatic carbocycles. The Kier molecular flexibility index (Phi) is 4.38. The maximum Gasteiger partial charge on any atom is 0.285 e. The number of rotatable bonds is 3. The monoisotopic (exact) mass is 407 g/mol. The smallest absolute Gasteiger partial charge is 0.285 e. The van der Waals surface area contributed by atoms with E-state index >= 15 is 0 Å². The first-order valence-electron chi connectivity index (χ1n) is 6.99. The first-order chi connectivity index (χ1) is 11.4. The summed E-state index contributed by atoms with van der Waals surface area (Å²) in [5.74, 6) is 0. The summed E-state index contributed by atoms with van der Waals surface area (Å²) in [5, 5.41) is 11.6. The van der Waals surface area contributed by atoms with Crippen molar-refractivity contribution in [3.05, 3.63) is 78.1 Å². The third-order valence-electron chi connectivity index (χ3n) is 3.77. The minimum absolute atomic E-state index is 0.101. The Labute approximate surface area is 150 Å². The molecule has 0 bridgehead atoms. The van der Waals surface area contributed by atoms with Crippen LogP contribution in [0.4, 0.5) is 5.69 Å². The van der Waals surface area contributed by atoms with Crippen LogP contribution in [0.3, 0.4) is 0 Å². The van der Waals surface area contributed by atoms with E-state index in [1.165, 1.54) is 12.3 Å². The van der Waals surface area contributed by atoms with E-state index in [9.17, 15) is 14.9 Å². The quantitative estimate of drug-likeness (QED) is 0.477. The highest BCUT2D eigenvalue weighted by Crippen LogP contribution is 2.30. The molecule has 0 aliphatic carbocycles. The summed E-state index contributed by atoms with van der Waals surface area (Å²) in [5.41, 5.74) is 1.34. The fourth-order valence-corrected chi connectivity index (χ4v) is 3.27. The highest BCUT2D eigenvalue weighted by Gasteiger charge is 2.19. The minimum atomic E-state index is -0.499. The van der Waals surface area contributed by atoms with Crippen molar-refractivity contribution in [1.82, 2.24) is 9.55 Å². The number of benzene rings is 2. The number of nitro benzene ring substituents is 1. The van der Waals surface area contributed by atoms with Gasteiger partial charge in [-0.25, -0.2) is 4.98 Å². The Bertz CT molecular complexity index is 1020. The Morgan fingerprint density at radius 3 is 2.75 bits per heavy atom. The number of nitro groups is 1. The molecule has 24 heavy (non-hydrogen) atoms. The maximum atomic E-state index is 12.4. The maximum absolute atomic E-state index is 12.4. The molecule has 0 spiro atoms. The van der Waals surface area contributed by atoms with Gasteiger partial charge in [-0.15, -0.1) is 0 Å². The summed E-state index contributed by atoms with van der Waals surface area (Å²) in [6, 6.07) is 9.80. The first-order valence-corrected chi connectivity index (χ1v) is 8.16. The molecule has 0 saturated heterocycles. The molecule has 1 heterocycles. The SMILES string of the molecule is C[C@@H](c1cccc(Cl)c1)n1c(=O)cnc2cc([N+](=O)[O-])c(Br)cc21. The molecule has 1 atom stereocenters. The van der Waals surface area contributed by atoms with Crippen molar-refractivity contribution < 1.29 is 4.92 Å². The number of fused-ring (bicyclic) bond motifs is 1. The Balaban J connectivity index is 2.27. The average Bonchev–Trinajstić information content (AvgIpc) is 2.53. The number of halogens is 2. The van der Waals surface area contributed by atoms with Gasteiger partial charge in [0.05, 0.1) is 32.7 Å². The van der Waals surface area contributed by atoms with Gasteiger partial charge < -0.3 is 0 Å². The van der Waals surface area contributed by atoms with Gasteiger partial charge in [0.15, 0.2) is 0 Å². The zero-order chi connectivity index (χ0) is 17.4. The van der Waals surface area contributed by atoms with Crippen LogP contribution in [0.15, 0.2) is 51.9 Å². The molecule has 3 aromatic rings. The Morgan fingerprint density at radius 1 is 1.33 bits per heavy atom. The molecule has 0 saturated carbocycles. The van der Waals surface area contributed by atoms with Crippen molar-refractivity contribution in [3.8, 4) is 0 Å². The van der Waals surface area contributed by atoms with Gasteiger partial charge in [0.25, 0.3) is 11.2 Å². The molecule has 1 aromatic heterocycles. The van der Waals surface area contributed by atoms with Crippen LogP contribution < -0.4 is 5.56 Å². The highest BCUT2D eigenvalue weighted by molar-refractivity contribution is 9.10. The minimum Gasteiger partial charge on any atom is -0.298 e. The Hall–Kier alpha value is -2.25. The topological polar surface area (TPSA) is 78.0 Å². The largest absolute Gasteiger partial charge is 0.298 e. The van der Waals surface area contributed by atoms with Gasteiger partial charge in [-0.2, -0.15) is 0 Å². The fraction of sp³-hybridized carbons (Fsp3) is 0.125. The van der Waals surface area contributed by atoms with Crippen LogP contribution in [-0.2, 0) is 0 Å². The van der Waals surface area contributed by atoms with Crippen molar-refractivity contribution in [2.45, 2.75) is 13.0 Å². The molecule has 0 aliphatic heterocycles. The van der Waals surface area contributed by atoms with E-state index in [1.807, 2.05) is 19.1 Å². The molecule has 8 heteroatoms. The van der Waals surface area contributed by atoms with Crippen molar-refractivity contribution in [3.63, 3.8) is 0 Å². The van der Waals surface area contributed by atoms with Gasteiger partial charge in [0.2, 0.25) is 0 Å². The highest BCUT2D eigenvalue weighted by atomic mass is 79.9. The number of hydrogen-bond acceptors (Lipinski definition) is 4. The summed E-state index contributed by atoms with van der Waals surface area (Å²) in [7, 11) is 0. The molecule has 122 valence electrons. The van der Waals surface area contributed by atoms with Crippen LogP contribution in [-0.4, -0.2) is 14.5 Å². The van der Waals surface area contributed by atoms with Gasteiger partial charge in [-0.3, -0.25) is 19.5 Å². The third kappa shape index (κ3) is 2.92. The predicted molar refractivity (Wildman–Crippen MR) is 95.6 cm³/mol. The lowest BCUT2D eigenvalue weighted by molar-refractivity contribution is -0.385. The second kappa shape index (κ2) is 6.33. The zero-order valence-electron chi connectivity index (χ0n) is 12.4. The van der Waals surface area contributed by atoms with Crippen LogP contribution in [0.2, 0.25) is 5.02 Å². The second-order valence-electron chi connectivity index (χ2n) is 5.25. The van der Waals surface area contributed by atoms with Gasteiger partial charge in [0.1, 0.15) is 0 Å². The molecular formula is C16H11BrClN3O3. The molecule has 6 nitrogen and oxygen atoms in total. The van der Waals surface area contributed by atoms with Gasteiger partial charge in [0, 0.05) is 11.1 Å². The van der Waals surface area contributed by atoms with Gasteiger partial charge >= 0.3 is 0 Å². The molecule has 3 rings (SSSR count). The average molecular weight is 409 g/mol. The van der Waals surface area contributed by atoms with Crippen LogP contribution in [0.1, 0.15) is 18.5 Å². The standard InChI is InChI=1S/C16H11BrClN3O3/c1-9(10-3-2-4-11(18)5-10)20-15-6-12(17)14(21(23)24)7-13(15)19-8-16(20)22/h2-9H,1H3/t9-/m0/s1. The van der Waals surface area contributed by atoms with E-state index < -0.39 is 4.92 Å². The van der Waals surface area contributed by atoms with Crippen molar-refractivity contribution in [2.75, 3.05) is 0 Å². The summed E-state index contributed by atoms with van der Waals surface area (Å²) < 4.78 is 1.84. The molecular weight excluding hydrogens is 398 g/mol. The lowest BCUT2D eigenvalue weighted by Gasteiger charge is -2.18. The molecule has 0 unspecified atom stereocenters. The van der Waals surface area contributed by atoms with Crippen molar-refractivity contribution in [1.29, 1.82) is 0 Å². The van der Waals surface area contributed by atoms with E-state index in [2.05, 4.69) is 20.9 Å². The number of hydrogen-bond donors (Lipinski definition) is 0. The van der Waals surface area contributed by atoms with E-state index in [1.54, 1.807) is 22.8 Å². The summed E-state index contributed by atoms with van der Waals surface area (Å²) in [6.07, 6.45) is 1.17. The lowest BCUT2D eigenvalue weighted by Crippen LogP contribution is -2.24. The van der Waals surface area contributed by atoms with Crippen LogP contribution >= 0.6 is 27.5 Å².